The van der Waals surface area contributed by atoms with Crippen molar-refractivity contribution < 1.29 is 4.79 Å². The van der Waals surface area contributed by atoms with E-state index in [0.29, 0.717) is 10.6 Å². The molecule has 4 aromatic rings. The van der Waals surface area contributed by atoms with Crippen molar-refractivity contribution in [3.63, 3.8) is 0 Å². The lowest BCUT2D eigenvalue weighted by atomic mass is 10.1. The predicted molar refractivity (Wildman–Crippen MR) is 110 cm³/mol. The fourth-order valence-electron chi connectivity index (χ4n) is 3.15. The number of nitrogen functional groups attached to an aromatic ring is 1. The number of nitrogens with two attached hydrogens (primary N) is 1. The van der Waals surface area contributed by atoms with E-state index in [1.54, 1.807) is 0 Å². The average Bonchev–Trinajstić information content (AvgIpc) is 2.92. The van der Waals surface area contributed by atoms with Gasteiger partial charge in [-0.25, -0.2) is 4.98 Å². The number of rotatable bonds is 2. The Kier molecular flexibility index (Phi) is 3.89. The Morgan fingerprint density at radius 2 is 1.81 bits per heavy atom. The van der Waals surface area contributed by atoms with Crippen molar-refractivity contribution in [1.29, 1.82) is 0 Å². The fourth-order valence-corrected chi connectivity index (χ4v) is 4.13. The molecule has 1 amide bonds. The molecule has 0 unspecified atom stereocenters. The molecule has 2 aromatic heterocycles. The van der Waals surface area contributed by atoms with Gasteiger partial charge >= 0.3 is 0 Å². The maximum Gasteiger partial charge on any atom is 0.267 e. The molecule has 130 valence electrons. The first kappa shape index (κ1) is 16.5. The fraction of sp³-hybridized carbons (Fsp3) is 0.143. The van der Waals surface area contributed by atoms with Crippen molar-refractivity contribution in [2.75, 3.05) is 11.1 Å². The zero-order valence-corrected chi connectivity index (χ0v) is 15.7. The van der Waals surface area contributed by atoms with Gasteiger partial charge in [0.1, 0.15) is 9.71 Å². The van der Waals surface area contributed by atoms with Crippen molar-refractivity contribution in [2.45, 2.75) is 20.8 Å². The number of aryl methyl sites for hydroxylation is 3. The van der Waals surface area contributed by atoms with Crippen LogP contribution in [0.4, 0.5) is 11.4 Å². The topological polar surface area (TPSA) is 68.0 Å². The first-order chi connectivity index (χ1) is 12.4. The lowest BCUT2D eigenvalue weighted by Crippen LogP contribution is -2.13. The van der Waals surface area contributed by atoms with E-state index < -0.39 is 0 Å². The SMILES string of the molecule is Cc1ccc2cc3c(N)c(C(=O)Nc4c(C)cccc4C)sc3nc2c1. The van der Waals surface area contributed by atoms with Gasteiger partial charge in [-0.2, -0.15) is 0 Å². The zero-order chi connectivity index (χ0) is 18.4. The molecule has 26 heavy (non-hydrogen) atoms. The monoisotopic (exact) mass is 361 g/mol. The van der Waals surface area contributed by atoms with E-state index in [1.807, 2.05) is 63.2 Å². The Morgan fingerprint density at radius 1 is 1.08 bits per heavy atom. The molecule has 0 fully saturated rings. The number of para-hydroxylation sites is 1. The van der Waals surface area contributed by atoms with E-state index in [0.717, 1.165) is 43.5 Å². The average molecular weight is 361 g/mol. The van der Waals surface area contributed by atoms with E-state index in [2.05, 4.69) is 5.32 Å². The molecule has 0 bridgehead atoms. The summed E-state index contributed by atoms with van der Waals surface area (Å²) in [4.78, 5) is 18.8. The van der Waals surface area contributed by atoms with Gasteiger partial charge < -0.3 is 11.1 Å². The van der Waals surface area contributed by atoms with Crippen molar-refractivity contribution in [3.05, 3.63) is 64.0 Å². The van der Waals surface area contributed by atoms with Crippen molar-refractivity contribution >= 4 is 49.7 Å². The third kappa shape index (κ3) is 2.70. The van der Waals surface area contributed by atoms with Crippen LogP contribution in [0, 0.1) is 20.8 Å². The van der Waals surface area contributed by atoms with E-state index in [4.69, 9.17) is 10.7 Å². The number of carbonyl (C=O) groups is 1. The summed E-state index contributed by atoms with van der Waals surface area (Å²) in [7, 11) is 0. The van der Waals surface area contributed by atoms with Crippen LogP contribution in [0.1, 0.15) is 26.4 Å². The number of fused-ring (bicyclic) bond motifs is 2. The third-order valence-corrected chi connectivity index (χ3v) is 5.71. The molecule has 0 saturated heterocycles. The van der Waals surface area contributed by atoms with Gasteiger partial charge in [0.25, 0.3) is 5.91 Å². The van der Waals surface area contributed by atoms with Crippen LogP contribution in [0.2, 0.25) is 0 Å². The Labute approximate surface area is 155 Å². The standard InChI is InChI=1S/C21H19N3OS/c1-11-7-8-14-10-15-17(22)19(26-21(15)23-16(14)9-11)20(25)24-18-12(2)5-4-6-13(18)3/h4-10H,22H2,1-3H3,(H,24,25). The number of thiophene rings is 1. The molecule has 5 heteroatoms. The van der Waals surface area contributed by atoms with Gasteiger partial charge in [-0.1, -0.05) is 30.3 Å². The van der Waals surface area contributed by atoms with Gasteiger partial charge in [0.2, 0.25) is 0 Å². The van der Waals surface area contributed by atoms with Gasteiger partial charge in [-0.15, -0.1) is 11.3 Å². The third-order valence-electron chi connectivity index (χ3n) is 4.60. The highest BCUT2D eigenvalue weighted by molar-refractivity contribution is 7.21. The summed E-state index contributed by atoms with van der Waals surface area (Å²) in [6.07, 6.45) is 0. The molecular weight excluding hydrogens is 342 g/mol. The number of hydrogen-bond donors (Lipinski definition) is 2. The highest BCUT2D eigenvalue weighted by atomic mass is 32.1. The minimum Gasteiger partial charge on any atom is -0.397 e. The van der Waals surface area contributed by atoms with Crippen molar-refractivity contribution in [1.82, 2.24) is 4.98 Å². The van der Waals surface area contributed by atoms with Gasteiger partial charge in [-0.3, -0.25) is 4.79 Å². The summed E-state index contributed by atoms with van der Waals surface area (Å²) in [6, 6.07) is 14.1. The van der Waals surface area contributed by atoms with Gasteiger partial charge in [-0.05, 0) is 49.6 Å². The quantitative estimate of drug-likeness (QED) is 0.515. The second kappa shape index (κ2) is 6.11. The van der Waals surface area contributed by atoms with E-state index in [1.165, 1.54) is 11.3 Å². The highest BCUT2D eigenvalue weighted by Gasteiger charge is 2.19. The number of aromatic nitrogens is 1. The summed E-state index contributed by atoms with van der Waals surface area (Å²) in [6.45, 7) is 6.00. The van der Waals surface area contributed by atoms with Crippen LogP contribution in [-0.2, 0) is 0 Å². The number of nitrogens with one attached hydrogen (secondary N) is 1. The number of carbonyl (C=O) groups excluding carboxylic acids is 1. The minimum absolute atomic E-state index is 0.192. The van der Waals surface area contributed by atoms with Crippen LogP contribution in [0.25, 0.3) is 21.1 Å². The molecule has 2 aromatic carbocycles. The van der Waals surface area contributed by atoms with Crippen LogP contribution in [-0.4, -0.2) is 10.9 Å². The van der Waals surface area contributed by atoms with E-state index in [-0.39, 0.29) is 5.91 Å². The maximum atomic E-state index is 12.8. The summed E-state index contributed by atoms with van der Waals surface area (Å²) < 4.78 is 0. The first-order valence-electron chi connectivity index (χ1n) is 8.41. The second-order valence-electron chi connectivity index (χ2n) is 6.60. The number of pyridine rings is 1. The van der Waals surface area contributed by atoms with Gasteiger partial charge in [0.15, 0.2) is 0 Å². The van der Waals surface area contributed by atoms with Crippen molar-refractivity contribution in [2.24, 2.45) is 0 Å². The molecular formula is C21H19N3OS. The summed E-state index contributed by atoms with van der Waals surface area (Å²) >= 11 is 1.34. The van der Waals surface area contributed by atoms with Crippen LogP contribution in [0.3, 0.4) is 0 Å². The molecule has 4 rings (SSSR count). The van der Waals surface area contributed by atoms with Crippen molar-refractivity contribution in [3.8, 4) is 0 Å². The zero-order valence-electron chi connectivity index (χ0n) is 14.9. The Bertz CT molecular complexity index is 1160. The molecule has 0 atom stereocenters. The number of nitrogens with zero attached hydrogens (tertiary/aromatic N) is 1. The predicted octanol–water partition coefficient (Wildman–Crippen LogP) is 5.21. The maximum absolute atomic E-state index is 12.8. The Balaban J connectivity index is 1.80. The molecule has 3 N–H and O–H groups in total. The summed E-state index contributed by atoms with van der Waals surface area (Å²) in [5, 5.41) is 4.86. The molecule has 2 heterocycles. The number of amides is 1. The molecule has 0 saturated carbocycles. The summed E-state index contributed by atoms with van der Waals surface area (Å²) in [5.74, 6) is -0.192. The Morgan fingerprint density at radius 3 is 2.54 bits per heavy atom. The van der Waals surface area contributed by atoms with Gasteiger partial charge in [0, 0.05) is 16.5 Å². The molecule has 0 spiro atoms. The normalized spacial score (nSPS) is 11.2. The van der Waals surface area contributed by atoms with Crippen LogP contribution >= 0.6 is 11.3 Å². The summed E-state index contributed by atoms with van der Waals surface area (Å²) in [5.41, 5.74) is 11.7. The first-order valence-corrected chi connectivity index (χ1v) is 9.22. The Hall–Kier alpha value is -2.92. The van der Waals surface area contributed by atoms with Crippen LogP contribution in [0.5, 0.6) is 0 Å². The lowest BCUT2D eigenvalue weighted by molar-refractivity contribution is 0.103. The van der Waals surface area contributed by atoms with E-state index >= 15 is 0 Å². The van der Waals surface area contributed by atoms with E-state index in [9.17, 15) is 4.79 Å². The van der Waals surface area contributed by atoms with Crippen LogP contribution < -0.4 is 11.1 Å². The molecule has 0 aliphatic carbocycles. The minimum atomic E-state index is -0.192. The molecule has 4 nitrogen and oxygen atoms in total. The number of hydrogen-bond acceptors (Lipinski definition) is 4. The van der Waals surface area contributed by atoms with Crippen LogP contribution in [0.15, 0.2) is 42.5 Å². The second-order valence-corrected chi connectivity index (χ2v) is 7.60. The highest BCUT2D eigenvalue weighted by Crippen LogP contribution is 2.35. The molecule has 0 radical (unpaired) electrons. The largest absolute Gasteiger partial charge is 0.397 e. The molecule has 0 aliphatic rings. The number of benzene rings is 2. The number of anilines is 2. The molecule has 0 aliphatic heterocycles. The van der Waals surface area contributed by atoms with Gasteiger partial charge in [0.05, 0.1) is 11.2 Å². The lowest BCUT2D eigenvalue weighted by Gasteiger charge is -2.10. The smallest absolute Gasteiger partial charge is 0.267 e.